The molecule has 0 saturated carbocycles. The van der Waals surface area contributed by atoms with Crippen LogP contribution in [0.2, 0.25) is 0 Å². The summed E-state index contributed by atoms with van der Waals surface area (Å²) < 4.78 is 8.01. The van der Waals surface area contributed by atoms with Crippen LogP contribution in [0.4, 0.5) is 5.69 Å². The average Bonchev–Trinajstić information content (AvgIpc) is 2.86. The molecule has 0 saturated heterocycles. The van der Waals surface area contributed by atoms with Gasteiger partial charge in [0.1, 0.15) is 5.75 Å². The first-order valence-electron chi connectivity index (χ1n) is 6.80. The van der Waals surface area contributed by atoms with Crippen molar-refractivity contribution in [2.75, 3.05) is 11.9 Å². The largest absolute Gasteiger partial charge is 0.494 e. The number of amides is 1. The number of carbonyl (C=O) groups excluding carboxylic acids is 1. The summed E-state index contributed by atoms with van der Waals surface area (Å²) in [7, 11) is 0. The summed E-state index contributed by atoms with van der Waals surface area (Å²) in [6.45, 7) is 4.97. The van der Waals surface area contributed by atoms with Crippen molar-refractivity contribution < 1.29 is 9.53 Å². The smallest absolute Gasteiger partial charge is 0.229 e. The third kappa shape index (κ3) is 4.60. The van der Waals surface area contributed by atoms with Gasteiger partial charge < -0.3 is 10.1 Å². The van der Waals surface area contributed by atoms with Crippen LogP contribution in [0, 0.1) is 5.92 Å². The van der Waals surface area contributed by atoms with E-state index in [1.54, 1.807) is 10.9 Å². The number of hydrogen-bond donors (Lipinski definition) is 1. The van der Waals surface area contributed by atoms with Crippen molar-refractivity contribution in [3.63, 3.8) is 0 Å². The molecule has 2 aromatic rings. The first-order chi connectivity index (χ1) is 10.1. The second kappa shape index (κ2) is 7.26. The average molecular weight is 352 g/mol. The summed E-state index contributed by atoms with van der Waals surface area (Å²) in [5.41, 5.74) is 0.761. The van der Waals surface area contributed by atoms with E-state index in [-0.39, 0.29) is 11.8 Å². The third-order valence-electron chi connectivity index (χ3n) is 2.94. The Morgan fingerprint density at radius 2 is 2.14 bits per heavy atom. The topological polar surface area (TPSA) is 56.1 Å². The fourth-order valence-corrected chi connectivity index (χ4v) is 2.20. The molecule has 2 rings (SSSR count). The maximum atomic E-state index is 12.1. The molecule has 5 nitrogen and oxygen atoms in total. The number of carbonyl (C=O) groups is 1. The van der Waals surface area contributed by atoms with Gasteiger partial charge in [0, 0.05) is 11.9 Å². The Bertz CT molecular complexity index is 595. The predicted molar refractivity (Wildman–Crippen MR) is 85.3 cm³/mol. The van der Waals surface area contributed by atoms with Crippen molar-refractivity contribution in [3.8, 4) is 5.75 Å². The van der Waals surface area contributed by atoms with E-state index in [0.29, 0.717) is 13.2 Å². The monoisotopic (exact) mass is 351 g/mol. The molecule has 1 N–H and O–H groups in total. The zero-order chi connectivity index (χ0) is 15.2. The molecule has 1 aromatic carbocycles. The molecule has 0 aliphatic rings. The van der Waals surface area contributed by atoms with Gasteiger partial charge >= 0.3 is 0 Å². The zero-order valence-corrected chi connectivity index (χ0v) is 13.6. The Labute approximate surface area is 132 Å². The Balaban J connectivity index is 1.90. The van der Waals surface area contributed by atoms with Gasteiger partial charge in [-0.1, -0.05) is 6.92 Å². The van der Waals surface area contributed by atoms with E-state index in [4.69, 9.17) is 4.74 Å². The van der Waals surface area contributed by atoms with Gasteiger partial charge in [-0.05, 0) is 47.1 Å². The summed E-state index contributed by atoms with van der Waals surface area (Å²) in [6, 6.07) is 7.35. The Kier molecular flexibility index (Phi) is 5.38. The molecular weight excluding hydrogens is 334 g/mol. The lowest BCUT2D eigenvalue weighted by atomic mass is 10.1. The maximum Gasteiger partial charge on any atom is 0.229 e. The number of hydrogen-bond acceptors (Lipinski definition) is 3. The second-order valence-electron chi connectivity index (χ2n) is 4.73. The fraction of sp³-hybridized carbons (Fsp3) is 0.333. The molecule has 6 heteroatoms. The van der Waals surface area contributed by atoms with Gasteiger partial charge in [-0.15, -0.1) is 0 Å². The molecule has 0 bridgehead atoms. The number of anilines is 1. The van der Waals surface area contributed by atoms with Crippen LogP contribution < -0.4 is 10.1 Å². The van der Waals surface area contributed by atoms with Gasteiger partial charge in [-0.25, -0.2) is 0 Å². The van der Waals surface area contributed by atoms with Gasteiger partial charge in [0.15, 0.2) is 0 Å². The van der Waals surface area contributed by atoms with Crippen molar-refractivity contribution in [3.05, 3.63) is 41.1 Å². The molecule has 1 amide bonds. The quantitative estimate of drug-likeness (QED) is 0.868. The van der Waals surface area contributed by atoms with E-state index in [0.717, 1.165) is 15.9 Å². The molecule has 21 heavy (non-hydrogen) atoms. The number of ether oxygens (including phenoxy) is 1. The molecule has 1 aromatic heterocycles. The summed E-state index contributed by atoms with van der Waals surface area (Å²) in [4.78, 5) is 12.1. The van der Waals surface area contributed by atoms with Crippen molar-refractivity contribution in [2.24, 2.45) is 5.92 Å². The van der Waals surface area contributed by atoms with Crippen LogP contribution in [-0.4, -0.2) is 22.3 Å². The van der Waals surface area contributed by atoms with Gasteiger partial charge in [0.2, 0.25) is 5.91 Å². The standard InChI is InChI=1S/C15H18BrN3O2/c1-3-21-14-6-4-13(5-7-14)18-15(20)11(2)9-19-10-12(16)8-17-19/h4-8,10-11H,3,9H2,1-2H3,(H,18,20). The van der Waals surface area contributed by atoms with Crippen LogP contribution in [0.3, 0.4) is 0 Å². The van der Waals surface area contributed by atoms with Crippen LogP contribution in [0.15, 0.2) is 41.1 Å². The van der Waals surface area contributed by atoms with Crippen LogP contribution >= 0.6 is 15.9 Å². The van der Waals surface area contributed by atoms with Crippen molar-refractivity contribution in [1.82, 2.24) is 9.78 Å². The Morgan fingerprint density at radius 1 is 1.43 bits per heavy atom. The van der Waals surface area contributed by atoms with E-state index in [1.165, 1.54) is 0 Å². The first kappa shape index (κ1) is 15.6. The Morgan fingerprint density at radius 3 is 2.71 bits per heavy atom. The molecule has 0 radical (unpaired) electrons. The highest BCUT2D eigenvalue weighted by Gasteiger charge is 2.14. The molecule has 1 heterocycles. The summed E-state index contributed by atoms with van der Waals surface area (Å²) in [5, 5.41) is 7.04. The minimum absolute atomic E-state index is 0.0363. The fourth-order valence-electron chi connectivity index (χ4n) is 1.87. The van der Waals surface area contributed by atoms with Gasteiger partial charge in [0.25, 0.3) is 0 Å². The number of aromatic nitrogens is 2. The van der Waals surface area contributed by atoms with E-state index >= 15 is 0 Å². The van der Waals surface area contributed by atoms with Crippen molar-refractivity contribution in [2.45, 2.75) is 20.4 Å². The number of nitrogens with one attached hydrogen (secondary N) is 1. The summed E-state index contributed by atoms with van der Waals surface area (Å²) >= 11 is 3.34. The molecule has 0 spiro atoms. The zero-order valence-electron chi connectivity index (χ0n) is 12.0. The van der Waals surface area contributed by atoms with Gasteiger partial charge in [-0.2, -0.15) is 5.10 Å². The second-order valence-corrected chi connectivity index (χ2v) is 5.64. The van der Waals surface area contributed by atoms with Crippen LogP contribution in [0.25, 0.3) is 0 Å². The maximum absolute atomic E-state index is 12.1. The van der Waals surface area contributed by atoms with Crippen LogP contribution in [-0.2, 0) is 11.3 Å². The number of rotatable bonds is 6. The summed E-state index contributed by atoms with van der Waals surface area (Å²) in [5.74, 6) is 0.582. The first-order valence-corrected chi connectivity index (χ1v) is 7.59. The molecule has 1 unspecified atom stereocenters. The molecule has 0 aliphatic heterocycles. The van der Waals surface area contributed by atoms with E-state index in [2.05, 4.69) is 26.3 Å². The van der Waals surface area contributed by atoms with E-state index in [1.807, 2.05) is 44.3 Å². The molecule has 1 atom stereocenters. The molecule has 112 valence electrons. The van der Waals surface area contributed by atoms with Gasteiger partial charge in [0.05, 0.1) is 29.7 Å². The number of nitrogens with zero attached hydrogens (tertiary/aromatic N) is 2. The third-order valence-corrected chi connectivity index (χ3v) is 3.35. The normalized spacial score (nSPS) is 12.0. The predicted octanol–water partition coefficient (Wildman–Crippen LogP) is 3.32. The Hall–Kier alpha value is -1.82. The highest BCUT2D eigenvalue weighted by atomic mass is 79.9. The lowest BCUT2D eigenvalue weighted by Crippen LogP contribution is -2.24. The lowest BCUT2D eigenvalue weighted by Gasteiger charge is -2.12. The minimum atomic E-state index is -0.177. The van der Waals surface area contributed by atoms with E-state index in [9.17, 15) is 4.79 Å². The highest BCUT2D eigenvalue weighted by Crippen LogP contribution is 2.17. The van der Waals surface area contributed by atoms with E-state index < -0.39 is 0 Å². The number of benzene rings is 1. The molecule has 0 fully saturated rings. The minimum Gasteiger partial charge on any atom is -0.494 e. The number of halogens is 1. The highest BCUT2D eigenvalue weighted by molar-refractivity contribution is 9.10. The van der Waals surface area contributed by atoms with Gasteiger partial charge in [-0.3, -0.25) is 9.48 Å². The van der Waals surface area contributed by atoms with Crippen molar-refractivity contribution in [1.29, 1.82) is 0 Å². The summed E-state index contributed by atoms with van der Waals surface area (Å²) in [6.07, 6.45) is 3.55. The lowest BCUT2D eigenvalue weighted by molar-refractivity contribution is -0.119. The van der Waals surface area contributed by atoms with Crippen LogP contribution in [0.5, 0.6) is 5.75 Å². The SMILES string of the molecule is CCOc1ccc(NC(=O)C(C)Cn2cc(Br)cn2)cc1. The van der Waals surface area contributed by atoms with Crippen LogP contribution in [0.1, 0.15) is 13.8 Å². The molecular formula is C15H18BrN3O2. The molecule has 0 aliphatic carbocycles. The van der Waals surface area contributed by atoms with Crippen molar-refractivity contribution >= 4 is 27.5 Å².